The molecule has 0 amide bonds. The van der Waals surface area contributed by atoms with E-state index in [1.165, 1.54) is 5.56 Å². The van der Waals surface area contributed by atoms with Crippen molar-refractivity contribution in [3.63, 3.8) is 0 Å². The highest BCUT2D eigenvalue weighted by Crippen LogP contribution is 2.33. The van der Waals surface area contributed by atoms with Crippen LogP contribution in [0.25, 0.3) is 0 Å². The molecule has 20 heavy (non-hydrogen) atoms. The zero-order chi connectivity index (χ0) is 14.4. The number of benzene rings is 1. The van der Waals surface area contributed by atoms with Gasteiger partial charge >= 0.3 is 0 Å². The molecule has 4 N–H and O–H groups in total. The van der Waals surface area contributed by atoms with Crippen LogP contribution in [-0.2, 0) is 13.0 Å². The van der Waals surface area contributed by atoms with Crippen LogP contribution >= 0.6 is 15.9 Å². The molecule has 0 saturated heterocycles. The molecule has 0 radical (unpaired) electrons. The first kappa shape index (κ1) is 15.1. The molecule has 0 bridgehead atoms. The summed E-state index contributed by atoms with van der Waals surface area (Å²) in [5, 5.41) is 3.18. The van der Waals surface area contributed by atoms with Crippen molar-refractivity contribution in [1.29, 1.82) is 0 Å². The van der Waals surface area contributed by atoms with E-state index < -0.39 is 0 Å². The van der Waals surface area contributed by atoms with Crippen molar-refractivity contribution in [2.75, 3.05) is 13.2 Å². The van der Waals surface area contributed by atoms with Crippen molar-refractivity contribution in [1.82, 2.24) is 10.7 Å². The standard InChI is InChI=1S/C14H21BrN4O/c1-2-3-5-17-14(19-16)18-9-11-8-12(15)7-10-4-6-20-13(10)11/h7-8H,2-6,9,16H2,1H3,(H2,17,18,19). The molecule has 0 atom stereocenters. The average Bonchev–Trinajstić information content (AvgIpc) is 2.90. The highest BCUT2D eigenvalue weighted by atomic mass is 79.9. The van der Waals surface area contributed by atoms with Gasteiger partial charge in [0, 0.05) is 23.0 Å². The Balaban J connectivity index is 2.05. The van der Waals surface area contributed by atoms with Gasteiger partial charge in [-0.2, -0.15) is 0 Å². The molecule has 1 aliphatic heterocycles. The molecule has 1 aliphatic rings. The first-order valence-electron chi connectivity index (χ1n) is 6.93. The van der Waals surface area contributed by atoms with Crippen molar-refractivity contribution in [3.05, 3.63) is 27.7 Å². The van der Waals surface area contributed by atoms with Gasteiger partial charge in [0.2, 0.25) is 5.96 Å². The first-order valence-corrected chi connectivity index (χ1v) is 7.73. The largest absolute Gasteiger partial charge is 0.493 e. The minimum absolute atomic E-state index is 0.542. The van der Waals surface area contributed by atoms with Crippen LogP contribution in [0.3, 0.4) is 0 Å². The van der Waals surface area contributed by atoms with Gasteiger partial charge < -0.3 is 10.1 Å². The van der Waals surface area contributed by atoms with Crippen LogP contribution in [0, 0.1) is 0 Å². The average molecular weight is 341 g/mol. The Labute approximate surface area is 128 Å². The third kappa shape index (κ3) is 3.86. The second-order valence-electron chi connectivity index (χ2n) is 4.74. The number of hydrogen-bond acceptors (Lipinski definition) is 3. The van der Waals surface area contributed by atoms with Gasteiger partial charge in [0.15, 0.2) is 0 Å². The Morgan fingerprint density at radius 3 is 3.10 bits per heavy atom. The van der Waals surface area contributed by atoms with E-state index in [1.807, 2.05) is 6.07 Å². The molecule has 0 saturated carbocycles. The summed E-state index contributed by atoms with van der Waals surface area (Å²) in [6, 6.07) is 4.16. The van der Waals surface area contributed by atoms with Gasteiger partial charge in [-0.3, -0.25) is 5.43 Å². The Kier molecular flexibility index (Phi) is 5.67. The monoisotopic (exact) mass is 340 g/mol. The normalized spacial score (nSPS) is 13.8. The van der Waals surface area contributed by atoms with Crippen molar-refractivity contribution in [3.8, 4) is 5.75 Å². The lowest BCUT2D eigenvalue weighted by Gasteiger charge is -2.10. The predicted octanol–water partition coefficient (Wildman–Crippen LogP) is 2.09. The van der Waals surface area contributed by atoms with Crippen molar-refractivity contribution in [2.45, 2.75) is 32.7 Å². The Hall–Kier alpha value is -1.27. The van der Waals surface area contributed by atoms with E-state index in [4.69, 9.17) is 10.6 Å². The van der Waals surface area contributed by atoms with Gasteiger partial charge in [-0.25, -0.2) is 10.8 Å². The summed E-state index contributed by atoms with van der Waals surface area (Å²) in [7, 11) is 0. The van der Waals surface area contributed by atoms with Gasteiger partial charge in [0.25, 0.3) is 0 Å². The number of nitrogens with two attached hydrogens (primary N) is 1. The molecule has 0 spiro atoms. The minimum atomic E-state index is 0.542. The van der Waals surface area contributed by atoms with Crippen LogP contribution in [0.15, 0.2) is 21.6 Å². The highest BCUT2D eigenvalue weighted by molar-refractivity contribution is 9.10. The summed E-state index contributed by atoms with van der Waals surface area (Å²) >= 11 is 3.53. The van der Waals surface area contributed by atoms with E-state index in [0.29, 0.717) is 12.5 Å². The smallest absolute Gasteiger partial charge is 0.206 e. The van der Waals surface area contributed by atoms with Crippen molar-refractivity contribution >= 4 is 21.9 Å². The number of hydrazine groups is 1. The maximum absolute atomic E-state index is 5.69. The first-order chi connectivity index (χ1) is 9.74. The molecular formula is C14H21BrN4O. The van der Waals surface area contributed by atoms with Crippen LogP contribution in [-0.4, -0.2) is 19.1 Å². The predicted molar refractivity (Wildman–Crippen MR) is 84.7 cm³/mol. The molecule has 1 aromatic carbocycles. The number of nitrogens with zero attached hydrogens (tertiary/aromatic N) is 1. The number of hydrogen-bond donors (Lipinski definition) is 3. The number of fused-ring (bicyclic) bond motifs is 1. The summed E-state index contributed by atoms with van der Waals surface area (Å²) in [6.07, 6.45) is 3.19. The second-order valence-corrected chi connectivity index (χ2v) is 5.66. The van der Waals surface area contributed by atoms with Gasteiger partial charge in [-0.05, 0) is 24.1 Å². The van der Waals surface area contributed by atoms with Crippen LogP contribution in [0.2, 0.25) is 0 Å². The molecule has 1 heterocycles. The molecule has 0 aromatic heterocycles. The molecule has 0 fully saturated rings. The number of unbranched alkanes of at least 4 members (excludes halogenated alkanes) is 1. The molecule has 1 aromatic rings. The lowest BCUT2D eigenvalue weighted by Crippen LogP contribution is -2.41. The number of guanidine groups is 1. The van der Waals surface area contributed by atoms with Crippen LogP contribution in [0.4, 0.5) is 0 Å². The zero-order valence-corrected chi connectivity index (χ0v) is 13.3. The van der Waals surface area contributed by atoms with Gasteiger partial charge in [-0.1, -0.05) is 29.3 Å². The number of rotatable bonds is 5. The van der Waals surface area contributed by atoms with Gasteiger partial charge in [0.05, 0.1) is 13.2 Å². The third-order valence-electron chi connectivity index (χ3n) is 3.19. The number of ether oxygens (including phenoxy) is 1. The third-order valence-corrected chi connectivity index (χ3v) is 3.65. The molecule has 5 nitrogen and oxygen atoms in total. The van der Waals surface area contributed by atoms with E-state index in [-0.39, 0.29) is 0 Å². The number of nitrogens with one attached hydrogen (secondary N) is 2. The summed E-state index contributed by atoms with van der Waals surface area (Å²) in [4.78, 5) is 4.47. The van der Waals surface area contributed by atoms with Crippen LogP contribution in [0.1, 0.15) is 30.9 Å². The fourth-order valence-electron chi connectivity index (χ4n) is 2.16. The van der Waals surface area contributed by atoms with E-state index in [2.05, 4.69) is 44.7 Å². The molecule has 0 unspecified atom stereocenters. The zero-order valence-electron chi connectivity index (χ0n) is 11.7. The quantitative estimate of drug-likeness (QED) is 0.252. The van der Waals surface area contributed by atoms with E-state index >= 15 is 0 Å². The minimum Gasteiger partial charge on any atom is -0.493 e. The van der Waals surface area contributed by atoms with Gasteiger partial charge in [0.1, 0.15) is 5.75 Å². The lowest BCUT2D eigenvalue weighted by molar-refractivity contribution is 0.353. The SMILES string of the molecule is CCCCNC(=NCc1cc(Br)cc2c1OCC2)NN. The van der Waals surface area contributed by atoms with Crippen molar-refractivity contribution < 1.29 is 4.74 Å². The molecule has 2 rings (SSSR count). The summed E-state index contributed by atoms with van der Waals surface area (Å²) in [5.74, 6) is 7.07. The van der Waals surface area contributed by atoms with Crippen LogP contribution < -0.4 is 21.3 Å². The van der Waals surface area contributed by atoms with E-state index in [0.717, 1.165) is 48.2 Å². The van der Waals surface area contributed by atoms with E-state index in [1.54, 1.807) is 0 Å². The Bertz CT molecular complexity index is 490. The second kappa shape index (κ2) is 7.50. The lowest BCUT2D eigenvalue weighted by atomic mass is 10.1. The molecular weight excluding hydrogens is 320 g/mol. The fourth-order valence-corrected chi connectivity index (χ4v) is 2.72. The molecule has 110 valence electrons. The number of aliphatic imine (C=N–C) groups is 1. The summed E-state index contributed by atoms with van der Waals surface area (Å²) in [5.41, 5.74) is 4.92. The fraction of sp³-hybridized carbons (Fsp3) is 0.500. The van der Waals surface area contributed by atoms with Crippen molar-refractivity contribution in [2.24, 2.45) is 10.8 Å². The van der Waals surface area contributed by atoms with Crippen LogP contribution in [0.5, 0.6) is 5.75 Å². The maximum Gasteiger partial charge on any atom is 0.206 e. The topological polar surface area (TPSA) is 71.7 Å². The maximum atomic E-state index is 5.69. The molecule has 6 heteroatoms. The Morgan fingerprint density at radius 2 is 2.35 bits per heavy atom. The Morgan fingerprint density at radius 1 is 1.50 bits per heavy atom. The number of halogens is 1. The molecule has 0 aliphatic carbocycles. The highest BCUT2D eigenvalue weighted by Gasteiger charge is 2.17. The van der Waals surface area contributed by atoms with E-state index in [9.17, 15) is 0 Å². The van der Waals surface area contributed by atoms with Gasteiger partial charge in [-0.15, -0.1) is 0 Å². The summed E-state index contributed by atoms with van der Waals surface area (Å²) in [6.45, 7) is 4.31. The summed E-state index contributed by atoms with van der Waals surface area (Å²) < 4.78 is 6.75.